The van der Waals surface area contributed by atoms with E-state index in [1.165, 1.54) is 6.08 Å². The van der Waals surface area contributed by atoms with Crippen molar-refractivity contribution in [3.63, 3.8) is 0 Å². The van der Waals surface area contributed by atoms with Gasteiger partial charge in [0.2, 0.25) is 10.0 Å². The Bertz CT molecular complexity index is 607. The summed E-state index contributed by atoms with van der Waals surface area (Å²) in [6.07, 6.45) is 1.33. The minimum absolute atomic E-state index is 0.528. The SMILES string of the molecule is CC(O)(CNS(=O)(=O)C=Cc1ccc(Cl)cc1)C(=O)O. The molecule has 1 aromatic rings. The molecule has 0 aromatic heterocycles. The van der Waals surface area contributed by atoms with Gasteiger partial charge < -0.3 is 10.2 Å². The van der Waals surface area contributed by atoms with Crippen LogP contribution in [0.25, 0.3) is 6.08 Å². The highest BCUT2D eigenvalue weighted by Gasteiger charge is 2.30. The second-order valence-corrected chi connectivity index (χ2v) is 6.39. The average molecular weight is 320 g/mol. The van der Waals surface area contributed by atoms with Crippen LogP contribution in [0.2, 0.25) is 5.02 Å². The molecule has 0 spiro atoms. The average Bonchev–Trinajstić information content (AvgIpc) is 2.36. The molecule has 0 bridgehead atoms. The van der Waals surface area contributed by atoms with E-state index in [0.29, 0.717) is 10.6 Å². The van der Waals surface area contributed by atoms with Gasteiger partial charge in [0.1, 0.15) is 0 Å². The normalized spacial score (nSPS) is 15.2. The highest BCUT2D eigenvalue weighted by molar-refractivity contribution is 7.92. The number of carboxylic acid groups (broad SMARTS) is 1. The molecule has 6 nitrogen and oxygen atoms in total. The number of aliphatic carboxylic acids is 1. The van der Waals surface area contributed by atoms with Crippen LogP contribution in [0.1, 0.15) is 12.5 Å². The lowest BCUT2D eigenvalue weighted by atomic mass is 10.1. The van der Waals surface area contributed by atoms with E-state index in [1.54, 1.807) is 24.3 Å². The second kappa shape index (κ2) is 6.36. The third kappa shape index (κ3) is 5.30. The zero-order chi connectivity index (χ0) is 15.4. The molecule has 20 heavy (non-hydrogen) atoms. The molecule has 0 heterocycles. The zero-order valence-electron chi connectivity index (χ0n) is 10.6. The molecule has 8 heteroatoms. The number of hydrogen-bond acceptors (Lipinski definition) is 4. The maximum Gasteiger partial charge on any atom is 0.336 e. The Balaban J connectivity index is 2.71. The minimum atomic E-state index is -3.84. The third-order valence-electron chi connectivity index (χ3n) is 2.39. The molecule has 0 saturated heterocycles. The maximum atomic E-state index is 11.6. The van der Waals surface area contributed by atoms with Crippen LogP contribution in [0, 0.1) is 0 Å². The monoisotopic (exact) mass is 319 g/mol. The zero-order valence-corrected chi connectivity index (χ0v) is 12.1. The number of hydrogen-bond donors (Lipinski definition) is 3. The van der Waals surface area contributed by atoms with Gasteiger partial charge in [0.05, 0.1) is 6.54 Å². The molecule has 0 fully saturated rings. The van der Waals surface area contributed by atoms with Gasteiger partial charge in [-0.1, -0.05) is 23.7 Å². The molecule has 110 valence electrons. The summed E-state index contributed by atoms with van der Waals surface area (Å²) >= 11 is 5.69. The first-order valence-corrected chi connectivity index (χ1v) is 7.44. The lowest BCUT2D eigenvalue weighted by molar-refractivity contribution is -0.155. The van der Waals surface area contributed by atoms with Crippen molar-refractivity contribution in [1.82, 2.24) is 4.72 Å². The van der Waals surface area contributed by atoms with Gasteiger partial charge in [-0.25, -0.2) is 17.9 Å². The largest absolute Gasteiger partial charge is 0.479 e. The van der Waals surface area contributed by atoms with Gasteiger partial charge in [-0.2, -0.15) is 0 Å². The number of benzene rings is 1. The molecule has 1 unspecified atom stereocenters. The first kappa shape index (κ1) is 16.6. The van der Waals surface area contributed by atoms with Crippen molar-refractivity contribution in [1.29, 1.82) is 0 Å². The van der Waals surface area contributed by atoms with Crippen LogP contribution in [0.5, 0.6) is 0 Å². The lowest BCUT2D eigenvalue weighted by Crippen LogP contribution is -2.46. The molecule has 0 amide bonds. The van der Waals surface area contributed by atoms with Crippen molar-refractivity contribution in [2.75, 3.05) is 6.54 Å². The first-order valence-electron chi connectivity index (χ1n) is 5.51. The van der Waals surface area contributed by atoms with Crippen molar-refractivity contribution in [3.05, 3.63) is 40.3 Å². The molecule has 0 aliphatic heterocycles. The van der Waals surface area contributed by atoms with Crippen LogP contribution in [0.4, 0.5) is 0 Å². The van der Waals surface area contributed by atoms with Crippen LogP contribution in [-0.2, 0) is 14.8 Å². The molecular weight excluding hydrogens is 306 g/mol. The summed E-state index contributed by atoms with van der Waals surface area (Å²) in [4.78, 5) is 10.6. The highest BCUT2D eigenvalue weighted by Crippen LogP contribution is 2.11. The molecule has 0 aliphatic rings. The minimum Gasteiger partial charge on any atom is -0.479 e. The third-order valence-corrected chi connectivity index (χ3v) is 3.68. The van der Waals surface area contributed by atoms with Gasteiger partial charge in [-0.05, 0) is 30.7 Å². The number of aliphatic hydroxyl groups is 1. The van der Waals surface area contributed by atoms with Crippen molar-refractivity contribution < 1.29 is 23.4 Å². The summed E-state index contributed by atoms with van der Waals surface area (Å²) < 4.78 is 25.2. The van der Waals surface area contributed by atoms with Crippen LogP contribution < -0.4 is 4.72 Å². The van der Waals surface area contributed by atoms with Crippen LogP contribution in [0.3, 0.4) is 0 Å². The molecular formula is C12H14ClNO5S. The fourth-order valence-electron chi connectivity index (χ4n) is 1.11. The molecule has 1 rings (SSSR count). The second-order valence-electron chi connectivity index (χ2n) is 4.30. The van der Waals surface area contributed by atoms with E-state index in [0.717, 1.165) is 12.3 Å². The van der Waals surface area contributed by atoms with Gasteiger partial charge in [0.15, 0.2) is 5.60 Å². The van der Waals surface area contributed by atoms with E-state index in [9.17, 15) is 18.3 Å². The first-order chi connectivity index (χ1) is 9.12. The molecule has 0 radical (unpaired) electrons. The van der Waals surface area contributed by atoms with Crippen LogP contribution in [-0.4, -0.2) is 36.7 Å². The number of sulfonamides is 1. The van der Waals surface area contributed by atoms with Gasteiger partial charge in [0, 0.05) is 10.4 Å². The summed E-state index contributed by atoms with van der Waals surface area (Å²) in [5.74, 6) is -1.51. The van der Waals surface area contributed by atoms with E-state index in [2.05, 4.69) is 0 Å². The van der Waals surface area contributed by atoms with Crippen LogP contribution in [0.15, 0.2) is 29.7 Å². The Morgan fingerprint density at radius 3 is 2.45 bits per heavy atom. The maximum absolute atomic E-state index is 11.6. The molecule has 1 aromatic carbocycles. The van der Waals surface area contributed by atoms with Crippen molar-refractivity contribution in [2.45, 2.75) is 12.5 Å². The standard InChI is InChI=1S/C12H14ClNO5S/c1-12(17,11(15)16)8-14-20(18,19)7-6-9-2-4-10(13)5-3-9/h2-7,14,17H,8H2,1H3,(H,15,16). The van der Waals surface area contributed by atoms with Gasteiger partial charge >= 0.3 is 5.97 Å². The molecule has 0 saturated carbocycles. The van der Waals surface area contributed by atoms with Gasteiger partial charge in [-0.15, -0.1) is 0 Å². The van der Waals surface area contributed by atoms with Crippen LogP contribution >= 0.6 is 11.6 Å². The van der Waals surface area contributed by atoms with E-state index < -0.39 is 28.1 Å². The number of carboxylic acids is 1. The predicted octanol–water partition coefficient (Wildman–Crippen LogP) is 1.07. The van der Waals surface area contributed by atoms with E-state index in [1.807, 2.05) is 4.72 Å². The molecule has 1 atom stereocenters. The van der Waals surface area contributed by atoms with E-state index >= 15 is 0 Å². The van der Waals surface area contributed by atoms with Gasteiger partial charge in [0.25, 0.3) is 0 Å². The lowest BCUT2D eigenvalue weighted by Gasteiger charge is -2.17. The van der Waals surface area contributed by atoms with Crippen molar-refractivity contribution in [3.8, 4) is 0 Å². The summed E-state index contributed by atoms with van der Waals surface area (Å²) in [6, 6.07) is 6.47. The fraction of sp³-hybridized carbons (Fsp3) is 0.250. The van der Waals surface area contributed by atoms with Crippen molar-refractivity contribution in [2.24, 2.45) is 0 Å². The van der Waals surface area contributed by atoms with Gasteiger partial charge in [-0.3, -0.25) is 0 Å². The van der Waals surface area contributed by atoms with E-state index in [-0.39, 0.29) is 0 Å². The number of halogens is 1. The summed E-state index contributed by atoms with van der Waals surface area (Å²) in [5.41, 5.74) is -1.55. The number of nitrogens with one attached hydrogen (secondary N) is 1. The Morgan fingerprint density at radius 1 is 1.40 bits per heavy atom. The van der Waals surface area contributed by atoms with E-state index in [4.69, 9.17) is 16.7 Å². The summed E-state index contributed by atoms with van der Waals surface area (Å²) in [6.45, 7) is 0.371. The quantitative estimate of drug-likeness (QED) is 0.727. The number of carbonyl (C=O) groups is 1. The smallest absolute Gasteiger partial charge is 0.336 e. The Kier molecular flexibility index (Phi) is 5.29. The Morgan fingerprint density at radius 2 is 1.95 bits per heavy atom. The number of rotatable bonds is 6. The highest BCUT2D eigenvalue weighted by atomic mass is 35.5. The molecule has 3 N–H and O–H groups in total. The van der Waals surface area contributed by atoms with Crippen molar-refractivity contribution >= 4 is 33.7 Å². The molecule has 0 aliphatic carbocycles. The summed E-state index contributed by atoms with van der Waals surface area (Å²) in [7, 11) is -3.84. The summed E-state index contributed by atoms with van der Waals surface area (Å²) in [5, 5.41) is 19.5. The Hall–Kier alpha value is -1.41. The topological polar surface area (TPSA) is 104 Å². The predicted molar refractivity (Wildman–Crippen MR) is 75.7 cm³/mol. The Labute approximate surface area is 121 Å². The fourth-order valence-corrected chi connectivity index (χ4v) is 2.15.